The first-order valence-corrected chi connectivity index (χ1v) is 24.0. The smallest absolute Gasteiger partial charge is 0.408 e. The van der Waals surface area contributed by atoms with Gasteiger partial charge in [0, 0.05) is 25.4 Å². The van der Waals surface area contributed by atoms with Crippen molar-refractivity contribution < 1.29 is 43.3 Å². The number of hydrogen-bond acceptors (Lipinski definition) is 9. The molecular weight excluding hydrogens is 851 g/mol. The van der Waals surface area contributed by atoms with E-state index < -0.39 is 53.0 Å². The highest BCUT2D eigenvalue weighted by atomic mass is 16.6. The standard InChI is InChI=1S/C26H37N3O4.C16H21N.C11H19NO5/c1-16(2)14-22-20-15-17-8-6-7-9-18(17)19(20)12-13-29(22)24(31)21(10-11-23(27)30)28-25(32)33-26(3,4)5;1-11(2)9-16-15-10-12-5-3-4-6-13(12)14(15)7-8-17-16;1-11(2,3)17-9(14)6-7(10(15)16)4-5-8(12)13/h6-9,16,21-22H,10-15H2,1-5H3,(H2,27,30)(H,28,32);3-6,11,16-17H,7-10H2,1-2H3;7H,4-6H2,1-3H3,(H2,12,13)(H,15,16)/t21-,22?;;7-/m1.0/s1. The average Bonchev–Trinajstić information content (AvgIpc) is 3.79. The topological polar surface area (TPSA) is 220 Å². The molecule has 0 fully saturated rings. The molecule has 14 nitrogen and oxygen atoms in total. The van der Waals surface area contributed by atoms with E-state index in [1.165, 1.54) is 52.7 Å². The van der Waals surface area contributed by atoms with Crippen LogP contribution in [-0.2, 0) is 46.3 Å². The van der Waals surface area contributed by atoms with Gasteiger partial charge in [-0.25, -0.2) is 4.79 Å². The molecule has 4 atom stereocenters. The van der Waals surface area contributed by atoms with Crippen molar-refractivity contribution in [2.24, 2.45) is 29.2 Å². The molecule has 0 radical (unpaired) electrons. The highest BCUT2D eigenvalue weighted by Gasteiger charge is 2.40. The van der Waals surface area contributed by atoms with Gasteiger partial charge in [-0.2, -0.15) is 0 Å². The number of fused-ring (bicyclic) bond motifs is 4. The molecule has 2 aliphatic heterocycles. The molecule has 2 heterocycles. The lowest BCUT2D eigenvalue weighted by atomic mass is 9.87. The molecule has 0 aromatic heterocycles. The van der Waals surface area contributed by atoms with E-state index in [0.717, 1.165) is 31.7 Å². The van der Waals surface area contributed by atoms with Gasteiger partial charge in [0.1, 0.15) is 17.2 Å². The number of benzene rings is 2. The molecule has 67 heavy (non-hydrogen) atoms. The summed E-state index contributed by atoms with van der Waals surface area (Å²) in [6.45, 7) is 21.1. The van der Waals surface area contributed by atoms with Gasteiger partial charge in [-0.05, 0) is 156 Å². The van der Waals surface area contributed by atoms with Crippen molar-refractivity contribution in [3.63, 3.8) is 0 Å². The summed E-state index contributed by atoms with van der Waals surface area (Å²) in [6.07, 6.45) is 5.34. The zero-order chi connectivity index (χ0) is 49.8. The number of carboxylic acid groups (broad SMARTS) is 1. The second-order valence-electron chi connectivity index (χ2n) is 21.0. The van der Waals surface area contributed by atoms with E-state index in [2.05, 4.69) is 86.9 Å². The fourth-order valence-electron chi connectivity index (χ4n) is 9.31. The largest absolute Gasteiger partial charge is 0.481 e. The average molecular weight is 928 g/mol. The second-order valence-corrected chi connectivity index (χ2v) is 21.0. The molecule has 2 unspecified atom stereocenters. The van der Waals surface area contributed by atoms with Crippen molar-refractivity contribution in [1.29, 1.82) is 0 Å². The molecule has 0 saturated heterocycles. The van der Waals surface area contributed by atoms with E-state index in [0.29, 0.717) is 18.5 Å². The Morgan fingerprint density at radius 1 is 0.746 bits per heavy atom. The summed E-state index contributed by atoms with van der Waals surface area (Å²) in [4.78, 5) is 72.4. The molecule has 0 spiro atoms. The van der Waals surface area contributed by atoms with Gasteiger partial charge < -0.3 is 41.6 Å². The number of carbonyl (C=O) groups is 6. The Morgan fingerprint density at radius 3 is 1.79 bits per heavy atom. The zero-order valence-corrected chi connectivity index (χ0v) is 41.6. The van der Waals surface area contributed by atoms with Crippen LogP contribution >= 0.6 is 0 Å². The predicted molar refractivity (Wildman–Crippen MR) is 261 cm³/mol. The lowest BCUT2D eigenvalue weighted by Gasteiger charge is -2.40. The number of primary amides is 2. The number of rotatable bonds is 15. The summed E-state index contributed by atoms with van der Waals surface area (Å²) < 4.78 is 10.4. The summed E-state index contributed by atoms with van der Waals surface area (Å²) in [5.41, 5.74) is 20.6. The second kappa shape index (κ2) is 24.0. The maximum absolute atomic E-state index is 13.7. The Balaban J connectivity index is 0.000000242. The van der Waals surface area contributed by atoms with Gasteiger partial charge in [0.25, 0.3) is 0 Å². The van der Waals surface area contributed by atoms with Crippen LogP contribution in [0.15, 0.2) is 59.7 Å². The number of nitrogens with zero attached hydrogens (tertiary/aromatic N) is 1. The van der Waals surface area contributed by atoms with Gasteiger partial charge in [0.15, 0.2) is 0 Å². The van der Waals surface area contributed by atoms with Gasteiger partial charge in [-0.1, -0.05) is 76.2 Å². The van der Waals surface area contributed by atoms with Crippen molar-refractivity contribution in [3.05, 3.63) is 81.9 Å². The van der Waals surface area contributed by atoms with E-state index in [-0.39, 0.29) is 44.1 Å². The molecule has 0 bridgehead atoms. The molecule has 7 N–H and O–H groups in total. The third-order valence-electron chi connectivity index (χ3n) is 12.1. The number of amides is 4. The van der Waals surface area contributed by atoms with Crippen molar-refractivity contribution in [2.45, 2.75) is 169 Å². The van der Waals surface area contributed by atoms with Crippen molar-refractivity contribution in [3.8, 4) is 0 Å². The van der Waals surface area contributed by atoms with Crippen LogP contribution in [0.25, 0.3) is 11.1 Å². The molecule has 2 aromatic carbocycles. The van der Waals surface area contributed by atoms with Crippen LogP contribution in [0.3, 0.4) is 0 Å². The number of nitrogens with one attached hydrogen (secondary N) is 2. The number of carboxylic acids is 1. The lowest BCUT2D eigenvalue weighted by molar-refractivity contribution is -0.160. The Morgan fingerprint density at radius 2 is 1.27 bits per heavy atom. The summed E-state index contributed by atoms with van der Waals surface area (Å²) in [5.74, 6) is -2.77. The molecule has 2 aliphatic carbocycles. The third-order valence-corrected chi connectivity index (χ3v) is 12.1. The van der Waals surface area contributed by atoms with Crippen LogP contribution in [0, 0.1) is 17.8 Å². The van der Waals surface area contributed by atoms with E-state index in [4.69, 9.17) is 26.0 Å². The molecule has 2 aromatic rings. The Hall–Kier alpha value is -5.50. The van der Waals surface area contributed by atoms with Crippen LogP contribution in [0.2, 0.25) is 0 Å². The number of nitrogens with two attached hydrogens (primary N) is 2. The van der Waals surface area contributed by atoms with Crippen LogP contribution in [0.1, 0.15) is 149 Å². The fraction of sp³-hybridized carbons (Fsp3) is 0.585. The summed E-state index contributed by atoms with van der Waals surface area (Å²) >= 11 is 0. The molecular formula is C53H77N5O9. The highest BCUT2D eigenvalue weighted by molar-refractivity contribution is 5.89. The normalized spacial score (nSPS) is 18.2. The number of ether oxygens (including phenoxy) is 2. The number of alkyl carbamates (subject to hydrolysis) is 1. The highest BCUT2D eigenvalue weighted by Crippen LogP contribution is 2.43. The maximum Gasteiger partial charge on any atom is 0.408 e. The van der Waals surface area contributed by atoms with Crippen LogP contribution < -0.4 is 22.1 Å². The van der Waals surface area contributed by atoms with E-state index >= 15 is 0 Å². The lowest BCUT2D eigenvalue weighted by Crippen LogP contribution is -2.54. The number of hydrogen-bond donors (Lipinski definition) is 5. The first kappa shape index (κ1) is 54.1. The van der Waals surface area contributed by atoms with Crippen LogP contribution in [0.5, 0.6) is 0 Å². The number of carbonyl (C=O) groups excluding carboxylic acids is 5. The molecule has 14 heteroatoms. The number of esters is 1. The predicted octanol–water partition coefficient (Wildman–Crippen LogP) is 7.89. The molecule has 4 aliphatic rings. The molecule has 6 rings (SSSR count). The van der Waals surface area contributed by atoms with Gasteiger partial charge >= 0.3 is 18.0 Å². The molecule has 368 valence electrons. The van der Waals surface area contributed by atoms with E-state index in [1.807, 2.05) is 4.90 Å². The van der Waals surface area contributed by atoms with Crippen LogP contribution in [0.4, 0.5) is 4.79 Å². The summed E-state index contributed by atoms with van der Waals surface area (Å²) in [6, 6.07) is 17.1. The Bertz CT molecular complexity index is 2160. The third kappa shape index (κ3) is 16.7. The minimum absolute atomic E-state index is 0.00821. The summed E-state index contributed by atoms with van der Waals surface area (Å²) in [5, 5.41) is 15.3. The van der Waals surface area contributed by atoms with Gasteiger partial charge in [0.05, 0.1) is 18.4 Å². The quantitative estimate of drug-likeness (QED) is 0.109. The van der Waals surface area contributed by atoms with E-state index in [9.17, 15) is 28.8 Å². The first-order chi connectivity index (χ1) is 31.3. The Labute approximate surface area is 398 Å². The first-order valence-electron chi connectivity index (χ1n) is 24.0. The molecule has 4 amide bonds. The van der Waals surface area contributed by atoms with Crippen molar-refractivity contribution in [1.82, 2.24) is 15.5 Å². The zero-order valence-electron chi connectivity index (χ0n) is 41.6. The maximum atomic E-state index is 13.7. The molecule has 0 saturated carbocycles. The minimum Gasteiger partial charge on any atom is -0.481 e. The van der Waals surface area contributed by atoms with Gasteiger partial charge in [-0.3, -0.25) is 24.0 Å². The van der Waals surface area contributed by atoms with Crippen molar-refractivity contribution >= 4 is 46.9 Å². The SMILES string of the molecule is CC(C)(C)OC(=O)C[C@H](CCC(N)=O)C(=O)O.CC(C)CC1C2=C(CCN1C(=O)[C@@H](CCC(N)=O)NC(=O)OC(C)(C)C)c1ccccc1C2.CC(C)CC1NCCC2=C1Cc1ccccc12. The fourth-order valence-corrected chi connectivity index (χ4v) is 9.31. The minimum atomic E-state index is -1.13. The Kier molecular flexibility index (Phi) is 19.4. The van der Waals surface area contributed by atoms with E-state index in [1.54, 1.807) is 52.7 Å². The van der Waals surface area contributed by atoms with Gasteiger partial charge in [-0.15, -0.1) is 0 Å². The number of aliphatic carboxylic acids is 1. The monoisotopic (exact) mass is 928 g/mol. The van der Waals surface area contributed by atoms with Crippen LogP contribution in [-0.4, -0.2) is 88.2 Å². The van der Waals surface area contributed by atoms with Crippen molar-refractivity contribution in [2.75, 3.05) is 13.1 Å². The van der Waals surface area contributed by atoms with Gasteiger partial charge in [0.2, 0.25) is 17.7 Å². The summed E-state index contributed by atoms with van der Waals surface area (Å²) in [7, 11) is 0.